The van der Waals surface area contributed by atoms with Crippen LogP contribution in [0.2, 0.25) is 5.04 Å². The van der Waals surface area contributed by atoms with Crippen LogP contribution in [0.4, 0.5) is 0 Å². The molecule has 186 valence electrons. The molecule has 1 N–H and O–H groups in total. The number of ether oxygens (including phenoxy) is 1. The Labute approximate surface area is 212 Å². The lowest BCUT2D eigenvalue weighted by Crippen LogP contribution is -2.66. The van der Waals surface area contributed by atoms with Crippen molar-refractivity contribution < 1.29 is 14.3 Å². The Balaban J connectivity index is 1.72. The number of hydrogen-bond donors (Lipinski definition) is 1. The maximum Gasteiger partial charge on any atom is 0.309 e. The summed E-state index contributed by atoms with van der Waals surface area (Å²) in [4.78, 5) is 12.6. The monoisotopic (exact) mass is 500 g/mol. The number of rotatable bonds is 8. The van der Waals surface area contributed by atoms with Crippen LogP contribution < -0.4 is 20.7 Å². The Morgan fingerprint density at radius 2 is 1.44 bits per heavy atom. The van der Waals surface area contributed by atoms with Gasteiger partial charge in [-0.25, -0.2) is 4.68 Å². The molecule has 0 saturated heterocycles. The molecule has 0 atom stereocenters. The molecule has 0 amide bonds. The van der Waals surface area contributed by atoms with Crippen LogP contribution in [0, 0.1) is 0 Å². The maximum atomic E-state index is 12.6. The van der Waals surface area contributed by atoms with Crippen molar-refractivity contribution in [3.8, 4) is 11.5 Å². The molecule has 0 bridgehead atoms. The zero-order valence-corrected chi connectivity index (χ0v) is 22.1. The summed E-state index contributed by atoms with van der Waals surface area (Å²) in [5.41, 5.74) is 0.823. The van der Waals surface area contributed by atoms with Crippen molar-refractivity contribution >= 4 is 18.7 Å². The third-order valence-corrected chi connectivity index (χ3v) is 11.3. The Morgan fingerprint density at radius 1 is 0.889 bits per heavy atom. The molecule has 0 unspecified atom stereocenters. The molecule has 0 saturated carbocycles. The van der Waals surface area contributed by atoms with E-state index in [1.54, 1.807) is 7.11 Å². The predicted octanol–water partition coefficient (Wildman–Crippen LogP) is 4.08. The van der Waals surface area contributed by atoms with E-state index in [1.807, 2.05) is 60.7 Å². The van der Waals surface area contributed by atoms with E-state index in [-0.39, 0.29) is 23.9 Å². The van der Waals surface area contributed by atoms with E-state index >= 15 is 0 Å². The van der Waals surface area contributed by atoms with Crippen molar-refractivity contribution in [3.05, 3.63) is 113 Å². The van der Waals surface area contributed by atoms with Gasteiger partial charge in [0.2, 0.25) is 0 Å². The first-order valence-corrected chi connectivity index (χ1v) is 13.8. The number of hydrogen-bond acceptors (Lipinski definition) is 5. The second-order valence-corrected chi connectivity index (χ2v) is 14.1. The minimum atomic E-state index is -2.79. The number of aromatic nitrogens is 2. The summed E-state index contributed by atoms with van der Waals surface area (Å²) in [5, 5.41) is 17.1. The molecule has 0 aliphatic heterocycles. The van der Waals surface area contributed by atoms with Gasteiger partial charge in [0.1, 0.15) is 5.75 Å². The molecule has 0 spiro atoms. The van der Waals surface area contributed by atoms with Gasteiger partial charge in [0, 0.05) is 6.07 Å². The van der Waals surface area contributed by atoms with Gasteiger partial charge >= 0.3 is 5.56 Å². The highest BCUT2D eigenvalue weighted by Crippen LogP contribution is 2.37. The highest BCUT2D eigenvalue weighted by atomic mass is 28.4. The van der Waals surface area contributed by atoms with Crippen molar-refractivity contribution in [2.24, 2.45) is 0 Å². The van der Waals surface area contributed by atoms with Crippen molar-refractivity contribution in [2.75, 3.05) is 7.11 Å². The number of nitrogens with zero attached hydrogens (tertiary/aromatic N) is 2. The number of benzene rings is 3. The van der Waals surface area contributed by atoms with Crippen LogP contribution in [0.3, 0.4) is 0 Å². The summed E-state index contributed by atoms with van der Waals surface area (Å²) in [6, 6.07) is 29.5. The second-order valence-electron chi connectivity index (χ2n) is 9.78. The third-order valence-electron chi connectivity index (χ3n) is 6.35. The van der Waals surface area contributed by atoms with Crippen molar-refractivity contribution in [1.82, 2.24) is 9.78 Å². The summed E-state index contributed by atoms with van der Waals surface area (Å²) >= 11 is 0. The molecule has 0 aliphatic carbocycles. The highest BCUT2D eigenvalue weighted by molar-refractivity contribution is 6.99. The highest BCUT2D eigenvalue weighted by Gasteiger charge is 2.50. The lowest BCUT2D eigenvalue weighted by atomic mass is 10.2. The lowest BCUT2D eigenvalue weighted by Gasteiger charge is -2.43. The third kappa shape index (κ3) is 5.12. The van der Waals surface area contributed by atoms with Crippen LogP contribution in [0.1, 0.15) is 32.0 Å². The fourth-order valence-corrected chi connectivity index (χ4v) is 9.13. The van der Waals surface area contributed by atoms with Gasteiger partial charge in [-0.1, -0.05) is 93.6 Å². The molecule has 4 aromatic rings. The van der Waals surface area contributed by atoms with E-state index in [4.69, 9.17) is 9.16 Å². The van der Waals surface area contributed by atoms with Crippen molar-refractivity contribution in [3.63, 3.8) is 0 Å². The van der Waals surface area contributed by atoms with Crippen LogP contribution in [-0.4, -0.2) is 30.3 Å². The minimum Gasteiger partial charge on any atom is -0.503 e. The van der Waals surface area contributed by atoms with Gasteiger partial charge in [0.25, 0.3) is 8.32 Å². The van der Waals surface area contributed by atoms with Crippen molar-refractivity contribution in [2.45, 2.75) is 39.0 Å². The lowest BCUT2D eigenvalue weighted by molar-refractivity contribution is 0.276. The van der Waals surface area contributed by atoms with Gasteiger partial charge in [-0.15, -0.1) is 0 Å². The molecular formula is C29H32N2O4Si. The van der Waals surface area contributed by atoms with Crippen LogP contribution in [0.25, 0.3) is 0 Å². The van der Waals surface area contributed by atoms with Gasteiger partial charge < -0.3 is 14.3 Å². The summed E-state index contributed by atoms with van der Waals surface area (Å²) < 4.78 is 13.4. The topological polar surface area (TPSA) is 73.6 Å². The van der Waals surface area contributed by atoms with Gasteiger partial charge in [0.15, 0.2) is 5.75 Å². The zero-order valence-electron chi connectivity index (χ0n) is 21.1. The smallest absolute Gasteiger partial charge is 0.309 e. The van der Waals surface area contributed by atoms with Gasteiger partial charge in [-0.2, -0.15) is 5.10 Å². The summed E-state index contributed by atoms with van der Waals surface area (Å²) in [6.45, 7) is 6.99. The first-order valence-electron chi connectivity index (χ1n) is 11.9. The second kappa shape index (κ2) is 10.5. The molecule has 0 fully saturated rings. The standard InChI is InChI=1S/C29H32N2O4Si/c1-29(2,3)36(25-11-7-5-8-12-25,26-13-9-6-10-14-26)35-21-23-19-27(32)28(33)31(30-23)20-22-15-17-24(34-4)18-16-22/h5-19,32H,20-21H2,1-4H3. The summed E-state index contributed by atoms with van der Waals surface area (Å²) in [7, 11) is -1.18. The minimum absolute atomic E-state index is 0.156. The number of methoxy groups -OCH3 is 1. The molecule has 36 heavy (non-hydrogen) atoms. The SMILES string of the molecule is COc1ccc(Cn2nc(CO[Si](c3ccccc3)(c3ccccc3)C(C)(C)C)cc(O)c2=O)cc1. The fraction of sp³-hybridized carbons (Fsp3) is 0.241. The molecule has 4 rings (SSSR count). The summed E-state index contributed by atoms with van der Waals surface area (Å²) in [6.07, 6.45) is 0. The van der Waals surface area contributed by atoms with Crippen molar-refractivity contribution in [1.29, 1.82) is 0 Å². The van der Waals surface area contributed by atoms with Gasteiger partial charge in [-0.3, -0.25) is 4.79 Å². The molecule has 0 aliphatic rings. The first kappa shape index (κ1) is 25.4. The van der Waals surface area contributed by atoms with Crippen LogP contribution in [0.5, 0.6) is 11.5 Å². The normalized spacial score (nSPS) is 11.9. The molecule has 6 nitrogen and oxygen atoms in total. The molecule has 1 heterocycles. The van der Waals surface area contributed by atoms with E-state index in [2.05, 4.69) is 50.1 Å². The molecule has 7 heteroatoms. The number of aromatic hydroxyl groups is 1. The largest absolute Gasteiger partial charge is 0.503 e. The van der Waals surface area contributed by atoms with E-state index in [1.165, 1.54) is 10.7 Å². The molecule has 0 radical (unpaired) electrons. The Morgan fingerprint density at radius 3 is 1.94 bits per heavy atom. The fourth-order valence-electron chi connectivity index (χ4n) is 4.61. The Bertz CT molecular complexity index is 1310. The van der Waals surface area contributed by atoms with Gasteiger partial charge in [0.05, 0.1) is 26.0 Å². The van der Waals surface area contributed by atoms with E-state index < -0.39 is 13.9 Å². The quantitative estimate of drug-likeness (QED) is 0.369. The van der Waals surface area contributed by atoms with E-state index in [9.17, 15) is 9.90 Å². The van der Waals surface area contributed by atoms with Crippen LogP contribution in [-0.2, 0) is 17.6 Å². The molecule has 3 aromatic carbocycles. The maximum absolute atomic E-state index is 12.6. The predicted molar refractivity (Wildman–Crippen MR) is 145 cm³/mol. The van der Waals surface area contributed by atoms with E-state index in [0.29, 0.717) is 5.69 Å². The average Bonchev–Trinajstić information content (AvgIpc) is 2.88. The van der Waals surface area contributed by atoms with Crippen LogP contribution in [0.15, 0.2) is 95.8 Å². The average molecular weight is 501 g/mol. The Hall–Kier alpha value is -3.68. The van der Waals surface area contributed by atoms with Crippen LogP contribution >= 0.6 is 0 Å². The zero-order chi connectivity index (χ0) is 25.8. The molecular weight excluding hydrogens is 468 g/mol. The van der Waals surface area contributed by atoms with Gasteiger partial charge in [-0.05, 0) is 33.1 Å². The molecule has 1 aromatic heterocycles. The first-order chi connectivity index (χ1) is 17.2. The van der Waals surface area contributed by atoms with E-state index in [0.717, 1.165) is 21.7 Å². The Kier molecular flexibility index (Phi) is 7.42. The summed E-state index contributed by atoms with van der Waals surface area (Å²) in [5.74, 6) is 0.383.